The summed E-state index contributed by atoms with van der Waals surface area (Å²) in [7, 11) is 4.49. The molecule has 0 aliphatic carbocycles. The molecule has 0 spiro atoms. The molecule has 0 aromatic heterocycles. The van der Waals surface area contributed by atoms with E-state index in [9.17, 15) is 0 Å². The second kappa shape index (κ2) is 25.3. The first-order valence-corrected chi connectivity index (χ1v) is 2.84. The Balaban J connectivity index is 0. The molecule has 0 aliphatic rings. The SMILES string of the molecule is CC#N.[Cl][Pd]. The van der Waals surface area contributed by atoms with Crippen molar-refractivity contribution < 1.29 is 18.2 Å². The standard InChI is InChI=1S/C2H3N.ClH.Pd/c1-2-3;;/h1H3;1H;/q;;+1/p-1. The average Bonchev–Trinajstić information content (AvgIpc) is 1.46. The van der Waals surface area contributed by atoms with Crippen molar-refractivity contribution in [2.75, 3.05) is 0 Å². The summed E-state index contributed by atoms with van der Waals surface area (Å²) in [5, 5.41) is 7.32. The molecular formula is C2H3ClNPd. The molecule has 0 unspecified atom stereocenters. The van der Waals surface area contributed by atoms with Crippen molar-refractivity contribution in [1.29, 1.82) is 5.26 Å². The summed E-state index contributed by atoms with van der Waals surface area (Å²) >= 11 is 2.22. The van der Waals surface area contributed by atoms with Crippen molar-refractivity contribution in [3.05, 3.63) is 0 Å². The number of rotatable bonds is 0. The summed E-state index contributed by atoms with van der Waals surface area (Å²) in [6.07, 6.45) is 0. The van der Waals surface area contributed by atoms with Gasteiger partial charge in [0.1, 0.15) is 0 Å². The molecular weight excluding hydrogens is 180 g/mol. The van der Waals surface area contributed by atoms with Crippen LogP contribution in [0.5, 0.6) is 0 Å². The molecule has 0 atom stereocenters. The number of hydrogen-bond acceptors (Lipinski definition) is 1. The van der Waals surface area contributed by atoms with Crippen LogP contribution in [0.1, 0.15) is 6.92 Å². The van der Waals surface area contributed by atoms with Gasteiger partial charge in [-0.1, -0.05) is 0 Å². The minimum absolute atomic E-state index is 1.43. The van der Waals surface area contributed by atoms with Gasteiger partial charge in [0.25, 0.3) is 0 Å². The second-order valence-electron chi connectivity index (χ2n) is 0.224. The zero-order chi connectivity index (χ0) is 4.71. The van der Waals surface area contributed by atoms with Gasteiger partial charge in [-0.15, -0.1) is 0 Å². The summed E-state index contributed by atoms with van der Waals surface area (Å²) < 4.78 is 0. The van der Waals surface area contributed by atoms with Crippen molar-refractivity contribution in [2.45, 2.75) is 6.92 Å². The predicted molar refractivity (Wildman–Crippen MR) is 17.1 cm³/mol. The molecule has 0 fully saturated rings. The van der Waals surface area contributed by atoms with Gasteiger partial charge >= 0.3 is 27.7 Å². The maximum atomic E-state index is 7.32. The normalized spacial score (nSPS) is 3.00. The van der Waals surface area contributed by atoms with Crippen LogP contribution in [0.15, 0.2) is 0 Å². The molecule has 5 heavy (non-hydrogen) atoms. The van der Waals surface area contributed by atoms with Crippen LogP contribution in [0.3, 0.4) is 0 Å². The van der Waals surface area contributed by atoms with Gasteiger partial charge in [-0.3, -0.25) is 0 Å². The van der Waals surface area contributed by atoms with Gasteiger partial charge in [-0.05, 0) is 0 Å². The Morgan fingerprint density at radius 3 is 1.80 bits per heavy atom. The molecule has 0 aliphatic heterocycles. The summed E-state index contributed by atoms with van der Waals surface area (Å²) in [5.41, 5.74) is 0. The van der Waals surface area contributed by atoms with Crippen LogP contribution in [-0.2, 0) is 18.2 Å². The summed E-state index contributed by atoms with van der Waals surface area (Å²) in [6, 6.07) is 1.75. The Morgan fingerprint density at radius 2 is 1.80 bits per heavy atom. The van der Waals surface area contributed by atoms with Gasteiger partial charge in [-0.25, -0.2) is 0 Å². The Bertz CT molecular complexity index is 31.1. The van der Waals surface area contributed by atoms with E-state index in [2.05, 4.69) is 27.7 Å². The maximum absolute atomic E-state index is 7.32. The van der Waals surface area contributed by atoms with E-state index in [0.717, 1.165) is 0 Å². The minimum atomic E-state index is 1.43. The number of nitriles is 1. The van der Waals surface area contributed by atoms with Gasteiger partial charge in [0.2, 0.25) is 0 Å². The fraction of sp³-hybridized carbons (Fsp3) is 0.500. The zero-order valence-electron chi connectivity index (χ0n) is 2.64. The quantitative estimate of drug-likeness (QED) is 0.517. The van der Waals surface area contributed by atoms with Crippen molar-refractivity contribution >= 4 is 9.53 Å². The Morgan fingerprint density at radius 1 is 1.80 bits per heavy atom. The van der Waals surface area contributed by atoms with Crippen LogP contribution in [0.4, 0.5) is 0 Å². The molecule has 0 radical (unpaired) electrons. The van der Waals surface area contributed by atoms with Gasteiger partial charge in [0.15, 0.2) is 0 Å². The van der Waals surface area contributed by atoms with Crippen LogP contribution >= 0.6 is 9.53 Å². The van der Waals surface area contributed by atoms with Crippen molar-refractivity contribution in [2.24, 2.45) is 0 Å². The van der Waals surface area contributed by atoms with E-state index < -0.39 is 0 Å². The Labute approximate surface area is 46.3 Å². The molecule has 0 amide bonds. The third kappa shape index (κ3) is 135. The zero-order valence-corrected chi connectivity index (χ0v) is 4.95. The number of halogens is 1. The summed E-state index contributed by atoms with van der Waals surface area (Å²) in [5.74, 6) is 0. The second-order valence-corrected chi connectivity index (χ2v) is 0.224. The number of hydrogen-bond donors (Lipinski definition) is 0. The molecule has 0 aromatic rings. The van der Waals surface area contributed by atoms with E-state index in [1.165, 1.54) is 6.92 Å². The number of nitrogens with zero attached hydrogens (tertiary/aromatic N) is 1. The first-order chi connectivity index (χ1) is 2.41. The van der Waals surface area contributed by atoms with E-state index in [1.807, 2.05) is 0 Å². The molecule has 0 heterocycles. The van der Waals surface area contributed by atoms with E-state index in [0.29, 0.717) is 0 Å². The molecule has 0 bridgehead atoms. The molecule has 0 N–H and O–H groups in total. The van der Waals surface area contributed by atoms with E-state index >= 15 is 0 Å². The monoisotopic (exact) mass is 182 g/mol. The fourth-order valence-electron chi connectivity index (χ4n) is 0. The molecule has 0 saturated carbocycles. The Kier molecular flexibility index (Phi) is 45.9. The van der Waals surface area contributed by atoms with E-state index in [4.69, 9.17) is 5.26 Å². The predicted octanol–water partition coefficient (Wildman–Crippen LogP) is 1.22. The van der Waals surface area contributed by atoms with Crippen molar-refractivity contribution in [3.8, 4) is 6.07 Å². The molecule has 0 aromatic carbocycles. The first kappa shape index (κ1) is 9.06. The summed E-state index contributed by atoms with van der Waals surface area (Å²) in [6.45, 7) is 1.43. The van der Waals surface area contributed by atoms with Gasteiger partial charge < -0.3 is 0 Å². The Hall–Kier alpha value is 0.442. The van der Waals surface area contributed by atoms with Crippen LogP contribution < -0.4 is 0 Å². The topological polar surface area (TPSA) is 23.8 Å². The van der Waals surface area contributed by atoms with Gasteiger partial charge in [0.05, 0.1) is 6.07 Å². The van der Waals surface area contributed by atoms with Crippen LogP contribution in [0.25, 0.3) is 0 Å². The van der Waals surface area contributed by atoms with Crippen LogP contribution in [0.2, 0.25) is 0 Å². The van der Waals surface area contributed by atoms with Gasteiger partial charge in [0, 0.05) is 6.92 Å². The third-order valence-electron chi connectivity index (χ3n) is 0. The molecule has 0 saturated heterocycles. The van der Waals surface area contributed by atoms with Crippen LogP contribution in [-0.4, -0.2) is 0 Å². The van der Waals surface area contributed by atoms with E-state index in [1.54, 1.807) is 6.07 Å². The van der Waals surface area contributed by atoms with Crippen LogP contribution in [0, 0.1) is 11.3 Å². The molecule has 3 heteroatoms. The van der Waals surface area contributed by atoms with Gasteiger partial charge in [-0.2, -0.15) is 5.26 Å². The van der Waals surface area contributed by atoms with Crippen molar-refractivity contribution in [1.82, 2.24) is 0 Å². The van der Waals surface area contributed by atoms with E-state index in [-0.39, 0.29) is 0 Å². The molecule has 1 nitrogen and oxygen atoms in total. The first-order valence-electron chi connectivity index (χ1n) is 0.843. The molecule has 33 valence electrons. The fourth-order valence-corrected chi connectivity index (χ4v) is 0. The average molecular weight is 183 g/mol. The molecule has 0 rings (SSSR count). The van der Waals surface area contributed by atoms with Crippen molar-refractivity contribution in [3.63, 3.8) is 0 Å². The third-order valence-corrected chi connectivity index (χ3v) is 0. The summed E-state index contributed by atoms with van der Waals surface area (Å²) in [4.78, 5) is 0.